The zero-order valence-corrected chi connectivity index (χ0v) is 16.8. The zero-order valence-electron chi connectivity index (χ0n) is 15.2. The van der Waals surface area contributed by atoms with Gasteiger partial charge < -0.3 is 20.1 Å². The highest BCUT2D eigenvalue weighted by Crippen LogP contribution is 2.30. The molecular formula is C19H21ClF2N2O2S. The van der Waals surface area contributed by atoms with Crippen LogP contribution in [-0.2, 0) is 6.42 Å². The van der Waals surface area contributed by atoms with Crippen LogP contribution in [0.3, 0.4) is 0 Å². The van der Waals surface area contributed by atoms with Gasteiger partial charge >= 0.3 is 6.61 Å². The highest BCUT2D eigenvalue weighted by atomic mass is 35.5. The Bertz CT molecular complexity index is 795. The molecule has 0 atom stereocenters. The molecule has 0 aliphatic heterocycles. The van der Waals surface area contributed by atoms with Crippen LogP contribution in [0.1, 0.15) is 16.7 Å². The summed E-state index contributed by atoms with van der Waals surface area (Å²) in [5, 5.41) is 7.27. The number of anilines is 1. The van der Waals surface area contributed by atoms with Crippen molar-refractivity contribution in [2.45, 2.75) is 26.9 Å². The van der Waals surface area contributed by atoms with Crippen molar-refractivity contribution in [1.29, 1.82) is 0 Å². The molecule has 0 saturated heterocycles. The van der Waals surface area contributed by atoms with Crippen molar-refractivity contribution in [3.8, 4) is 11.5 Å². The average Bonchev–Trinajstić information content (AvgIpc) is 2.58. The SMILES string of the molecule is COc1cc(CCNC(=S)Nc2c(C)cc(C)cc2Cl)ccc1OC(F)F. The maximum absolute atomic E-state index is 12.4. The van der Waals surface area contributed by atoms with Crippen LogP contribution in [0, 0.1) is 13.8 Å². The van der Waals surface area contributed by atoms with Crippen LogP contribution < -0.4 is 20.1 Å². The molecule has 2 N–H and O–H groups in total. The molecule has 0 amide bonds. The van der Waals surface area contributed by atoms with Crippen LogP contribution in [0.2, 0.25) is 5.02 Å². The summed E-state index contributed by atoms with van der Waals surface area (Å²) in [6, 6.07) is 8.73. The normalized spacial score (nSPS) is 10.6. The monoisotopic (exact) mass is 414 g/mol. The molecule has 0 unspecified atom stereocenters. The Morgan fingerprint density at radius 2 is 1.93 bits per heavy atom. The summed E-state index contributed by atoms with van der Waals surface area (Å²) in [5.74, 6) is 0.265. The molecule has 2 rings (SSSR count). The lowest BCUT2D eigenvalue weighted by Gasteiger charge is -2.15. The van der Waals surface area contributed by atoms with Gasteiger partial charge in [-0.1, -0.05) is 23.7 Å². The molecule has 8 heteroatoms. The minimum Gasteiger partial charge on any atom is -0.493 e. The predicted octanol–water partition coefficient (Wildman–Crippen LogP) is 5.10. The van der Waals surface area contributed by atoms with E-state index in [9.17, 15) is 8.78 Å². The van der Waals surface area contributed by atoms with Crippen molar-refractivity contribution in [3.05, 3.63) is 52.0 Å². The van der Waals surface area contributed by atoms with Crippen LogP contribution in [-0.4, -0.2) is 25.4 Å². The van der Waals surface area contributed by atoms with Gasteiger partial charge in [0.25, 0.3) is 0 Å². The van der Waals surface area contributed by atoms with E-state index in [1.807, 2.05) is 26.0 Å². The Kier molecular flexibility index (Phi) is 7.62. The molecule has 0 heterocycles. The molecule has 0 aliphatic carbocycles. The largest absolute Gasteiger partial charge is 0.493 e. The average molecular weight is 415 g/mol. The molecule has 2 aromatic rings. The van der Waals surface area contributed by atoms with Crippen molar-refractivity contribution in [2.24, 2.45) is 0 Å². The first-order valence-electron chi connectivity index (χ1n) is 8.23. The van der Waals surface area contributed by atoms with E-state index in [1.54, 1.807) is 12.1 Å². The molecule has 27 heavy (non-hydrogen) atoms. The summed E-state index contributed by atoms with van der Waals surface area (Å²) in [7, 11) is 1.41. The second-order valence-corrected chi connectivity index (χ2v) is 6.75. The van der Waals surface area contributed by atoms with Gasteiger partial charge in [-0.15, -0.1) is 0 Å². The molecule has 0 radical (unpaired) electrons. The molecule has 146 valence electrons. The molecule has 4 nitrogen and oxygen atoms in total. The Morgan fingerprint density at radius 3 is 2.56 bits per heavy atom. The number of thiocarbonyl (C=S) groups is 1. The van der Waals surface area contributed by atoms with E-state index in [-0.39, 0.29) is 11.5 Å². The third kappa shape index (κ3) is 6.22. The molecular weight excluding hydrogens is 394 g/mol. The lowest BCUT2D eigenvalue weighted by atomic mass is 10.1. The van der Waals surface area contributed by atoms with Gasteiger partial charge in [0.2, 0.25) is 0 Å². The first-order valence-corrected chi connectivity index (χ1v) is 9.02. The number of hydrogen-bond acceptors (Lipinski definition) is 3. The van der Waals surface area contributed by atoms with E-state index in [0.717, 1.165) is 22.4 Å². The van der Waals surface area contributed by atoms with E-state index < -0.39 is 6.61 Å². The molecule has 2 aromatic carbocycles. The van der Waals surface area contributed by atoms with Gasteiger partial charge in [-0.3, -0.25) is 0 Å². The van der Waals surface area contributed by atoms with Crippen LogP contribution in [0.15, 0.2) is 30.3 Å². The fourth-order valence-corrected chi connectivity index (χ4v) is 3.19. The van der Waals surface area contributed by atoms with Crippen molar-refractivity contribution in [1.82, 2.24) is 5.32 Å². The fraction of sp³-hybridized carbons (Fsp3) is 0.316. The van der Waals surface area contributed by atoms with Crippen molar-refractivity contribution >= 4 is 34.6 Å². The minimum absolute atomic E-state index is 0.00545. The third-order valence-corrected chi connectivity index (χ3v) is 4.36. The standard InChI is InChI=1S/C19H21ClF2N2O2S/c1-11-8-12(2)17(14(20)9-11)24-19(27)23-7-6-13-4-5-15(26-18(21)22)16(10-13)25-3/h4-5,8-10,18H,6-7H2,1-3H3,(H2,23,24,27). The smallest absolute Gasteiger partial charge is 0.387 e. The Labute approximate surface area is 167 Å². The summed E-state index contributed by atoms with van der Waals surface area (Å²) >= 11 is 11.6. The van der Waals surface area contributed by atoms with Crippen LogP contribution >= 0.6 is 23.8 Å². The molecule has 0 spiro atoms. The number of nitrogens with one attached hydrogen (secondary N) is 2. The van der Waals surface area contributed by atoms with E-state index in [4.69, 9.17) is 28.6 Å². The molecule has 0 aromatic heterocycles. The first-order chi connectivity index (χ1) is 12.8. The zero-order chi connectivity index (χ0) is 20.0. The van der Waals surface area contributed by atoms with Gasteiger partial charge in [0.05, 0.1) is 17.8 Å². The third-order valence-electron chi connectivity index (χ3n) is 3.81. The molecule has 0 aliphatic rings. The van der Waals surface area contributed by atoms with Gasteiger partial charge in [-0.2, -0.15) is 8.78 Å². The number of benzene rings is 2. The summed E-state index contributed by atoms with van der Waals surface area (Å²) in [4.78, 5) is 0. The predicted molar refractivity (Wildman–Crippen MR) is 108 cm³/mol. The first kappa shape index (κ1) is 21.2. The summed E-state index contributed by atoms with van der Waals surface area (Å²) in [6.45, 7) is 1.59. The maximum Gasteiger partial charge on any atom is 0.387 e. The Hall–Kier alpha value is -2.12. The maximum atomic E-state index is 12.4. The summed E-state index contributed by atoms with van der Waals surface area (Å²) in [5.41, 5.74) is 3.75. The topological polar surface area (TPSA) is 42.5 Å². The highest BCUT2D eigenvalue weighted by Gasteiger charge is 2.11. The van der Waals surface area contributed by atoms with Gasteiger partial charge in [0.15, 0.2) is 16.6 Å². The number of aryl methyl sites for hydroxylation is 2. The fourth-order valence-electron chi connectivity index (χ4n) is 2.61. The van der Waals surface area contributed by atoms with Gasteiger partial charge in [0.1, 0.15) is 0 Å². The Morgan fingerprint density at radius 1 is 1.19 bits per heavy atom. The van der Waals surface area contributed by atoms with Crippen LogP contribution in [0.5, 0.6) is 11.5 Å². The second-order valence-electron chi connectivity index (χ2n) is 5.93. The number of rotatable bonds is 7. The highest BCUT2D eigenvalue weighted by molar-refractivity contribution is 7.80. The molecule has 0 saturated carbocycles. The molecule has 0 fully saturated rings. The van der Waals surface area contributed by atoms with Crippen molar-refractivity contribution < 1.29 is 18.3 Å². The summed E-state index contributed by atoms with van der Waals surface area (Å²) in [6.07, 6.45) is 0.619. The number of hydrogen-bond donors (Lipinski definition) is 2. The summed E-state index contributed by atoms with van der Waals surface area (Å²) < 4.78 is 34.2. The second kappa shape index (κ2) is 9.71. The lowest BCUT2D eigenvalue weighted by molar-refractivity contribution is -0.0512. The quantitative estimate of drug-likeness (QED) is 0.617. The van der Waals surface area contributed by atoms with Gasteiger partial charge in [-0.05, 0) is 67.4 Å². The van der Waals surface area contributed by atoms with Crippen LogP contribution in [0.4, 0.5) is 14.5 Å². The van der Waals surface area contributed by atoms with Gasteiger partial charge in [-0.25, -0.2) is 0 Å². The van der Waals surface area contributed by atoms with Gasteiger partial charge in [0, 0.05) is 6.54 Å². The number of methoxy groups -OCH3 is 1. The Balaban J connectivity index is 1.91. The van der Waals surface area contributed by atoms with E-state index >= 15 is 0 Å². The number of halogens is 3. The van der Waals surface area contributed by atoms with Crippen LogP contribution in [0.25, 0.3) is 0 Å². The minimum atomic E-state index is -2.90. The van der Waals surface area contributed by atoms with E-state index in [2.05, 4.69) is 15.4 Å². The molecule has 0 bridgehead atoms. The van der Waals surface area contributed by atoms with E-state index in [0.29, 0.717) is 23.1 Å². The van der Waals surface area contributed by atoms with Crippen molar-refractivity contribution in [2.75, 3.05) is 19.0 Å². The van der Waals surface area contributed by atoms with E-state index in [1.165, 1.54) is 13.2 Å². The number of alkyl halides is 2. The van der Waals surface area contributed by atoms with Crippen molar-refractivity contribution in [3.63, 3.8) is 0 Å². The lowest BCUT2D eigenvalue weighted by Crippen LogP contribution is -2.30. The number of ether oxygens (including phenoxy) is 2.